The molecule has 4 N–H and O–H groups in total. The summed E-state index contributed by atoms with van der Waals surface area (Å²) in [6.07, 6.45) is 4.07. The molecule has 158 valence electrons. The first-order valence-electron chi connectivity index (χ1n) is 9.18. The van der Waals surface area contributed by atoms with E-state index < -0.39 is 0 Å². The SMILES string of the molecule is CSc1nc(N)cc(N2CCCC(CNC(=O)c3cc(C)n(C)n3)C2)n1.O=CO. The van der Waals surface area contributed by atoms with Crippen molar-refractivity contribution in [1.29, 1.82) is 0 Å². The molecule has 11 heteroatoms. The van der Waals surface area contributed by atoms with E-state index in [0.29, 0.717) is 29.1 Å². The molecule has 3 rings (SSSR count). The lowest BCUT2D eigenvalue weighted by molar-refractivity contribution is -0.122. The minimum Gasteiger partial charge on any atom is -0.483 e. The highest BCUT2D eigenvalue weighted by Crippen LogP contribution is 2.24. The number of rotatable bonds is 5. The number of nitrogens with one attached hydrogen (secondary N) is 1. The number of anilines is 2. The van der Waals surface area contributed by atoms with E-state index >= 15 is 0 Å². The van der Waals surface area contributed by atoms with Gasteiger partial charge in [0.1, 0.15) is 17.3 Å². The molecule has 1 unspecified atom stereocenters. The van der Waals surface area contributed by atoms with Gasteiger partial charge in [-0.3, -0.25) is 14.3 Å². The number of hydrogen-bond acceptors (Lipinski definition) is 8. The molecule has 0 saturated carbocycles. The summed E-state index contributed by atoms with van der Waals surface area (Å²) in [7, 11) is 1.83. The van der Waals surface area contributed by atoms with E-state index in [1.54, 1.807) is 10.7 Å². The second kappa shape index (κ2) is 10.6. The molecule has 10 nitrogen and oxygen atoms in total. The fourth-order valence-electron chi connectivity index (χ4n) is 3.12. The normalized spacial score (nSPS) is 16.0. The van der Waals surface area contributed by atoms with Crippen molar-refractivity contribution in [3.63, 3.8) is 0 Å². The third kappa shape index (κ3) is 6.34. The molecule has 2 aromatic rings. The van der Waals surface area contributed by atoms with Crippen LogP contribution in [0.4, 0.5) is 11.6 Å². The highest BCUT2D eigenvalue weighted by molar-refractivity contribution is 7.98. The average Bonchev–Trinajstić information content (AvgIpc) is 3.05. The molecule has 29 heavy (non-hydrogen) atoms. The van der Waals surface area contributed by atoms with Crippen molar-refractivity contribution in [3.8, 4) is 0 Å². The van der Waals surface area contributed by atoms with Crippen LogP contribution in [-0.2, 0) is 11.8 Å². The highest BCUT2D eigenvalue weighted by Gasteiger charge is 2.23. The molecule has 3 heterocycles. The summed E-state index contributed by atoms with van der Waals surface area (Å²) in [5, 5.41) is 14.8. The number of piperidine rings is 1. The van der Waals surface area contributed by atoms with Gasteiger partial charge in [-0.1, -0.05) is 11.8 Å². The Bertz CT molecular complexity index is 823. The van der Waals surface area contributed by atoms with E-state index in [0.717, 1.165) is 37.4 Å². The Hall–Kier alpha value is -2.82. The van der Waals surface area contributed by atoms with Crippen LogP contribution in [0.5, 0.6) is 0 Å². The third-order valence-electron chi connectivity index (χ3n) is 4.64. The van der Waals surface area contributed by atoms with Gasteiger partial charge in [-0.15, -0.1) is 0 Å². The molecule has 1 aliphatic rings. The Kier molecular flexibility index (Phi) is 8.25. The van der Waals surface area contributed by atoms with Gasteiger partial charge < -0.3 is 21.1 Å². The lowest BCUT2D eigenvalue weighted by Crippen LogP contribution is -2.41. The first kappa shape index (κ1) is 22.5. The summed E-state index contributed by atoms with van der Waals surface area (Å²) in [5.41, 5.74) is 7.32. The molecule has 0 aliphatic carbocycles. The van der Waals surface area contributed by atoms with Gasteiger partial charge in [0.25, 0.3) is 12.4 Å². The first-order chi connectivity index (χ1) is 13.9. The molecule has 2 aromatic heterocycles. The molecule has 1 aliphatic heterocycles. The van der Waals surface area contributed by atoms with Crippen molar-refractivity contribution in [1.82, 2.24) is 25.1 Å². The number of aryl methyl sites for hydroxylation is 2. The number of carbonyl (C=O) groups excluding carboxylic acids is 1. The molecule has 1 fully saturated rings. The van der Waals surface area contributed by atoms with Gasteiger partial charge in [0, 0.05) is 38.4 Å². The van der Waals surface area contributed by atoms with Crippen LogP contribution < -0.4 is 16.0 Å². The van der Waals surface area contributed by atoms with E-state index in [4.69, 9.17) is 15.6 Å². The Morgan fingerprint density at radius 3 is 2.79 bits per heavy atom. The smallest absolute Gasteiger partial charge is 0.290 e. The maximum Gasteiger partial charge on any atom is 0.290 e. The fraction of sp³-hybridized carbons (Fsp3) is 0.500. The fourth-order valence-corrected chi connectivity index (χ4v) is 3.50. The summed E-state index contributed by atoms with van der Waals surface area (Å²) in [6.45, 7) is 4.08. The van der Waals surface area contributed by atoms with Crippen molar-refractivity contribution in [2.45, 2.75) is 24.9 Å². The molecular weight excluding hydrogens is 394 g/mol. The lowest BCUT2D eigenvalue weighted by Gasteiger charge is -2.33. The van der Waals surface area contributed by atoms with Crippen LogP contribution in [0.25, 0.3) is 0 Å². The number of carbonyl (C=O) groups is 2. The number of hydrogen-bond donors (Lipinski definition) is 3. The molecule has 1 amide bonds. The van der Waals surface area contributed by atoms with Gasteiger partial charge in [-0.25, -0.2) is 9.97 Å². The van der Waals surface area contributed by atoms with Crippen LogP contribution >= 0.6 is 11.8 Å². The summed E-state index contributed by atoms with van der Waals surface area (Å²) >= 11 is 1.48. The van der Waals surface area contributed by atoms with Crippen LogP contribution in [0.2, 0.25) is 0 Å². The summed E-state index contributed by atoms with van der Waals surface area (Å²) in [4.78, 5) is 31.6. The highest BCUT2D eigenvalue weighted by atomic mass is 32.2. The number of nitrogen functional groups attached to an aromatic ring is 1. The van der Waals surface area contributed by atoms with Gasteiger partial charge in [-0.2, -0.15) is 5.10 Å². The molecule has 0 bridgehead atoms. The van der Waals surface area contributed by atoms with Crippen molar-refractivity contribution in [3.05, 3.63) is 23.5 Å². The number of amides is 1. The van der Waals surface area contributed by atoms with E-state index in [1.807, 2.05) is 26.3 Å². The number of nitrogens with zero attached hydrogens (tertiary/aromatic N) is 5. The van der Waals surface area contributed by atoms with Crippen LogP contribution in [0, 0.1) is 12.8 Å². The van der Waals surface area contributed by atoms with E-state index in [9.17, 15) is 4.79 Å². The van der Waals surface area contributed by atoms with Crippen LogP contribution in [0.1, 0.15) is 29.0 Å². The van der Waals surface area contributed by atoms with Gasteiger partial charge in [0.2, 0.25) is 0 Å². The zero-order valence-electron chi connectivity index (χ0n) is 16.8. The predicted molar refractivity (Wildman–Crippen MR) is 112 cm³/mol. The maximum absolute atomic E-state index is 12.3. The number of nitrogens with two attached hydrogens (primary N) is 1. The Balaban J connectivity index is 0.000000941. The minimum absolute atomic E-state index is 0.123. The van der Waals surface area contributed by atoms with Crippen LogP contribution in [-0.4, -0.2) is 63.1 Å². The second-order valence-corrected chi connectivity index (χ2v) is 7.48. The maximum atomic E-state index is 12.3. The van der Waals surface area contributed by atoms with Gasteiger partial charge in [0.15, 0.2) is 5.16 Å². The zero-order chi connectivity index (χ0) is 21.4. The van der Waals surface area contributed by atoms with E-state index in [2.05, 4.69) is 25.3 Å². The number of carboxylic acid groups (broad SMARTS) is 1. The number of thioether (sulfide) groups is 1. The zero-order valence-corrected chi connectivity index (χ0v) is 17.6. The van der Waals surface area contributed by atoms with Crippen molar-refractivity contribution >= 4 is 35.8 Å². The Labute approximate surface area is 173 Å². The standard InChI is InChI=1S/C17H25N7OS.CH2O2/c1-11-7-13(22-23(11)2)16(25)19-9-12-5-4-6-24(10-12)15-8-14(18)20-17(21-15)26-3;2-1-3/h7-8,12H,4-6,9-10H2,1-3H3,(H,19,25)(H2,18,20,21);1H,(H,2,3). The molecule has 0 aromatic carbocycles. The monoisotopic (exact) mass is 421 g/mol. The molecule has 0 spiro atoms. The first-order valence-corrected chi connectivity index (χ1v) is 10.4. The minimum atomic E-state index is -0.250. The number of aromatic nitrogens is 4. The molecule has 1 atom stereocenters. The largest absolute Gasteiger partial charge is 0.483 e. The average molecular weight is 422 g/mol. The Morgan fingerprint density at radius 1 is 1.45 bits per heavy atom. The van der Waals surface area contributed by atoms with Crippen molar-refractivity contribution < 1.29 is 14.7 Å². The lowest BCUT2D eigenvalue weighted by atomic mass is 9.98. The predicted octanol–water partition coefficient (Wildman–Crippen LogP) is 1.17. The summed E-state index contributed by atoms with van der Waals surface area (Å²) in [5.74, 6) is 1.59. The van der Waals surface area contributed by atoms with Crippen molar-refractivity contribution in [2.24, 2.45) is 13.0 Å². The van der Waals surface area contributed by atoms with Crippen LogP contribution in [0.3, 0.4) is 0 Å². The van der Waals surface area contributed by atoms with Crippen molar-refractivity contribution in [2.75, 3.05) is 36.5 Å². The Morgan fingerprint density at radius 2 is 2.17 bits per heavy atom. The van der Waals surface area contributed by atoms with Gasteiger partial charge in [0.05, 0.1) is 0 Å². The van der Waals surface area contributed by atoms with Crippen LogP contribution in [0.15, 0.2) is 17.3 Å². The van der Waals surface area contributed by atoms with Gasteiger partial charge >= 0.3 is 0 Å². The molecular formula is C18H27N7O3S. The van der Waals surface area contributed by atoms with E-state index in [1.165, 1.54) is 11.8 Å². The van der Waals surface area contributed by atoms with E-state index in [-0.39, 0.29) is 12.4 Å². The topological polar surface area (TPSA) is 139 Å². The molecule has 1 saturated heterocycles. The molecule has 0 radical (unpaired) electrons. The van der Waals surface area contributed by atoms with Gasteiger partial charge in [-0.05, 0) is 38.0 Å². The third-order valence-corrected chi connectivity index (χ3v) is 5.18. The second-order valence-electron chi connectivity index (χ2n) is 6.70. The summed E-state index contributed by atoms with van der Waals surface area (Å²) < 4.78 is 1.71. The quantitative estimate of drug-likeness (QED) is 0.369. The summed E-state index contributed by atoms with van der Waals surface area (Å²) in [6, 6.07) is 3.62.